The van der Waals surface area contributed by atoms with Crippen molar-refractivity contribution in [1.29, 1.82) is 0 Å². The van der Waals surface area contributed by atoms with Crippen molar-refractivity contribution in [3.63, 3.8) is 0 Å². The Labute approximate surface area is 120 Å². The van der Waals surface area contributed by atoms with Gasteiger partial charge in [-0.05, 0) is 30.5 Å². The summed E-state index contributed by atoms with van der Waals surface area (Å²) in [6.07, 6.45) is 3.56. The van der Waals surface area contributed by atoms with E-state index < -0.39 is 0 Å². The van der Waals surface area contributed by atoms with Gasteiger partial charge in [0.2, 0.25) is 0 Å². The highest BCUT2D eigenvalue weighted by molar-refractivity contribution is 5.31. The SMILES string of the molecule is CC(C)c1cccc(OC(c2cnn(C)c2)C(C)N)c1. The zero-order valence-corrected chi connectivity index (χ0v) is 12.6. The Balaban J connectivity index is 2.22. The number of nitrogens with zero attached hydrogens (tertiary/aromatic N) is 2. The number of benzene rings is 1. The molecule has 0 amide bonds. The van der Waals surface area contributed by atoms with E-state index in [1.54, 1.807) is 10.9 Å². The third-order valence-corrected chi connectivity index (χ3v) is 3.32. The van der Waals surface area contributed by atoms with Gasteiger partial charge in [-0.25, -0.2) is 0 Å². The van der Waals surface area contributed by atoms with Gasteiger partial charge in [0.15, 0.2) is 0 Å². The van der Waals surface area contributed by atoms with E-state index in [4.69, 9.17) is 10.5 Å². The predicted molar refractivity (Wildman–Crippen MR) is 80.8 cm³/mol. The number of hydrogen-bond acceptors (Lipinski definition) is 3. The van der Waals surface area contributed by atoms with Crippen LogP contribution in [0.15, 0.2) is 36.7 Å². The van der Waals surface area contributed by atoms with Crippen molar-refractivity contribution >= 4 is 0 Å². The van der Waals surface area contributed by atoms with E-state index in [1.807, 2.05) is 32.3 Å². The van der Waals surface area contributed by atoms with E-state index in [2.05, 4.69) is 31.1 Å². The Hall–Kier alpha value is -1.81. The molecule has 0 fully saturated rings. The zero-order valence-electron chi connectivity index (χ0n) is 12.6. The van der Waals surface area contributed by atoms with Crippen molar-refractivity contribution in [3.05, 3.63) is 47.8 Å². The normalized spacial score (nSPS) is 14.3. The number of aromatic nitrogens is 2. The first kappa shape index (κ1) is 14.6. The highest BCUT2D eigenvalue weighted by atomic mass is 16.5. The maximum atomic E-state index is 6.09. The van der Waals surface area contributed by atoms with E-state index in [0.29, 0.717) is 5.92 Å². The number of nitrogens with two attached hydrogens (primary N) is 1. The summed E-state index contributed by atoms with van der Waals surface area (Å²) in [5.41, 5.74) is 8.32. The molecule has 0 aliphatic rings. The molecule has 0 aliphatic heterocycles. The average Bonchev–Trinajstić information content (AvgIpc) is 2.82. The molecule has 4 heteroatoms. The lowest BCUT2D eigenvalue weighted by atomic mass is 10.0. The Morgan fingerprint density at radius 2 is 1.95 bits per heavy atom. The molecule has 0 radical (unpaired) electrons. The molecule has 108 valence electrons. The van der Waals surface area contributed by atoms with E-state index in [9.17, 15) is 0 Å². The third-order valence-electron chi connectivity index (χ3n) is 3.32. The summed E-state index contributed by atoms with van der Waals surface area (Å²) < 4.78 is 7.85. The zero-order chi connectivity index (χ0) is 14.7. The summed E-state index contributed by atoms with van der Waals surface area (Å²) in [5.74, 6) is 1.33. The van der Waals surface area contributed by atoms with Gasteiger partial charge in [0.25, 0.3) is 0 Å². The molecule has 0 bridgehead atoms. The van der Waals surface area contributed by atoms with Gasteiger partial charge in [0.1, 0.15) is 11.9 Å². The number of rotatable bonds is 5. The molecule has 2 aromatic rings. The molecular weight excluding hydrogens is 250 g/mol. The van der Waals surface area contributed by atoms with Crippen molar-refractivity contribution in [3.8, 4) is 5.75 Å². The molecule has 0 spiro atoms. The molecule has 20 heavy (non-hydrogen) atoms. The van der Waals surface area contributed by atoms with Crippen LogP contribution in [0.1, 0.15) is 43.9 Å². The van der Waals surface area contributed by atoms with Crippen LogP contribution in [0.25, 0.3) is 0 Å². The van der Waals surface area contributed by atoms with Crippen molar-refractivity contribution in [2.24, 2.45) is 12.8 Å². The van der Waals surface area contributed by atoms with Crippen LogP contribution in [0, 0.1) is 0 Å². The molecule has 0 saturated heterocycles. The van der Waals surface area contributed by atoms with E-state index in [1.165, 1.54) is 5.56 Å². The third kappa shape index (κ3) is 3.39. The van der Waals surface area contributed by atoms with Crippen LogP contribution in [-0.4, -0.2) is 15.8 Å². The minimum Gasteiger partial charge on any atom is -0.484 e. The molecule has 1 aromatic heterocycles. The monoisotopic (exact) mass is 273 g/mol. The molecule has 2 atom stereocenters. The Morgan fingerprint density at radius 3 is 2.50 bits per heavy atom. The molecule has 2 N–H and O–H groups in total. The highest BCUT2D eigenvalue weighted by Gasteiger charge is 2.20. The minimum atomic E-state index is -0.189. The van der Waals surface area contributed by atoms with Crippen molar-refractivity contribution in [2.45, 2.75) is 38.8 Å². The van der Waals surface area contributed by atoms with Gasteiger partial charge in [-0.3, -0.25) is 4.68 Å². The minimum absolute atomic E-state index is 0.109. The van der Waals surface area contributed by atoms with Crippen LogP contribution in [0.3, 0.4) is 0 Å². The fourth-order valence-electron chi connectivity index (χ4n) is 2.16. The number of ether oxygens (including phenoxy) is 1. The molecule has 2 unspecified atom stereocenters. The molecule has 1 aromatic carbocycles. The number of aryl methyl sites for hydroxylation is 1. The summed E-state index contributed by atoms with van der Waals surface area (Å²) in [6, 6.07) is 8.07. The topological polar surface area (TPSA) is 53.1 Å². The van der Waals surface area contributed by atoms with Gasteiger partial charge in [-0.2, -0.15) is 5.10 Å². The maximum Gasteiger partial charge on any atom is 0.141 e. The quantitative estimate of drug-likeness (QED) is 0.911. The van der Waals surface area contributed by atoms with Crippen molar-refractivity contribution in [2.75, 3.05) is 0 Å². The van der Waals surface area contributed by atoms with Crippen LogP contribution in [0.4, 0.5) is 0 Å². The summed E-state index contributed by atoms with van der Waals surface area (Å²) in [5, 5.41) is 4.19. The lowest BCUT2D eigenvalue weighted by Crippen LogP contribution is -2.28. The van der Waals surface area contributed by atoms with Crippen LogP contribution in [0.2, 0.25) is 0 Å². The van der Waals surface area contributed by atoms with Crippen LogP contribution < -0.4 is 10.5 Å². The van der Waals surface area contributed by atoms with Crippen molar-refractivity contribution in [1.82, 2.24) is 9.78 Å². The largest absolute Gasteiger partial charge is 0.484 e. The van der Waals surface area contributed by atoms with Gasteiger partial charge in [-0.15, -0.1) is 0 Å². The summed E-state index contributed by atoms with van der Waals surface area (Å²) >= 11 is 0. The first-order chi connectivity index (χ1) is 9.47. The fourth-order valence-corrected chi connectivity index (χ4v) is 2.16. The molecule has 2 rings (SSSR count). The highest BCUT2D eigenvalue weighted by Crippen LogP contribution is 2.26. The van der Waals surface area contributed by atoms with Crippen LogP contribution in [-0.2, 0) is 7.05 Å². The van der Waals surface area contributed by atoms with Gasteiger partial charge >= 0.3 is 0 Å². The lowest BCUT2D eigenvalue weighted by molar-refractivity contribution is 0.180. The number of hydrogen-bond donors (Lipinski definition) is 1. The Bertz CT molecular complexity index is 560. The molecule has 4 nitrogen and oxygen atoms in total. The Morgan fingerprint density at radius 1 is 1.20 bits per heavy atom. The van der Waals surface area contributed by atoms with E-state index in [0.717, 1.165) is 11.3 Å². The lowest BCUT2D eigenvalue weighted by Gasteiger charge is -2.22. The second-order valence-corrected chi connectivity index (χ2v) is 5.57. The molecule has 0 aliphatic carbocycles. The molecule has 0 saturated carbocycles. The summed E-state index contributed by atoms with van der Waals surface area (Å²) in [6.45, 7) is 6.29. The van der Waals surface area contributed by atoms with E-state index in [-0.39, 0.29) is 12.1 Å². The second kappa shape index (κ2) is 6.09. The smallest absolute Gasteiger partial charge is 0.141 e. The first-order valence-corrected chi connectivity index (χ1v) is 6.98. The van der Waals surface area contributed by atoms with Gasteiger partial charge < -0.3 is 10.5 Å². The van der Waals surface area contributed by atoms with Crippen molar-refractivity contribution < 1.29 is 4.74 Å². The first-order valence-electron chi connectivity index (χ1n) is 6.98. The van der Waals surface area contributed by atoms with Crippen LogP contribution >= 0.6 is 0 Å². The standard InChI is InChI=1S/C16H23N3O/c1-11(2)13-6-5-7-15(8-13)20-16(12(3)17)14-9-18-19(4)10-14/h5-12,16H,17H2,1-4H3. The molecule has 1 heterocycles. The van der Waals surface area contributed by atoms with Crippen LogP contribution in [0.5, 0.6) is 5.75 Å². The second-order valence-electron chi connectivity index (χ2n) is 5.57. The predicted octanol–water partition coefficient (Wildman–Crippen LogP) is 3.01. The average molecular weight is 273 g/mol. The fraction of sp³-hybridized carbons (Fsp3) is 0.438. The summed E-state index contributed by atoms with van der Waals surface area (Å²) in [4.78, 5) is 0. The Kier molecular flexibility index (Phi) is 4.45. The molecular formula is C16H23N3O. The van der Waals surface area contributed by atoms with Gasteiger partial charge in [0.05, 0.1) is 6.20 Å². The summed E-state index contributed by atoms with van der Waals surface area (Å²) in [7, 11) is 1.89. The van der Waals surface area contributed by atoms with Gasteiger partial charge in [0, 0.05) is 24.8 Å². The maximum absolute atomic E-state index is 6.09. The van der Waals surface area contributed by atoms with E-state index >= 15 is 0 Å². The van der Waals surface area contributed by atoms with Gasteiger partial charge in [-0.1, -0.05) is 26.0 Å².